The molecule has 1 aliphatic carbocycles. The van der Waals surface area contributed by atoms with Crippen molar-refractivity contribution >= 4 is 21.9 Å². The van der Waals surface area contributed by atoms with Crippen LogP contribution in [0.2, 0.25) is 0 Å². The summed E-state index contributed by atoms with van der Waals surface area (Å²) >= 11 is 0. The third kappa shape index (κ3) is 3.44. The normalized spacial score (nSPS) is 18.3. The van der Waals surface area contributed by atoms with E-state index in [-0.39, 0.29) is 16.3 Å². The van der Waals surface area contributed by atoms with Gasteiger partial charge in [0.05, 0.1) is 0 Å². The number of carbonyl (C=O) groups excluding carboxylic acids is 1. The number of amides is 1. The summed E-state index contributed by atoms with van der Waals surface area (Å²) in [4.78, 5) is 23.4. The Bertz CT molecular complexity index is 729. The third-order valence-electron chi connectivity index (χ3n) is 4.18. The van der Waals surface area contributed by atoms with Gasteiger partial charge < -0.3 is 14.9 Å². The van der Waals surface area contributed by atoms with Gasteiger partial charge in [0.2, 0.25) is 15.9 Å². The van der Waals surface area contributed by atoms with Crippen molar-refractivity contribution in [3.05, 3.63) is 11.5 Å². The Hall–Kier alpha value is -1.94. The van der Waals surface area contributed by atoms with Gasteiger partial charge >= 0.3 is 5.97 Å². The lowest BCUT2D eigenvalue weighted by Crippen LogP contribution is -2.59. The molecule has 1 fully saturated rings. The first-order valence-electron chi connectivity index (χ1n) is 7.60. The Morgan fingerprint density at radius 2 is 1.88 bits per heavy atom. The van der Waals surface area contributed by atoms with Crippen LogP contribution in [-0.2, 0) is 19.6 Å². The zero-order valence-corrected chi connectivity index (χ0v) is 14.6. The van der Waals surface area contributed by atoms with E-state index in [1.54, 1.807) is 0 Å². The van der Waals surface area contributed by atoms with Crippen LogP contribution in [0.4, 0.5) is 0 Å². The highest BCUT2D eigenvalue weighted by Crippen LogP contribution is 2.32. The van der Waals surface area contributed by atoms with Gasteiger partial charge in [-0.2, -0.15) is 4.72 Å². The van der Waals surface area contributed by atoms with Gasteiger partial charge in [0.25, 0.3) is 0 Å². The van der Waals surface area contributed by atoms with Crippen molar-refractivity contribution in [3.8, 4) is 0 Å². The predicted molar refractivity (Wildman–Crippen MR) is 82.7 cm³/mol. The van der Waals surface area contributed by atoms with Crippen molar-refractivity contribution in [3.63, 3.8) is 0 Å². The molecule has 1 atom stereocenters. The number of sulfonamides is 1. The van der Waals surface area contributed by atoms with E-state index in [2.05, 4.69) is 15.2 Å². The Balaban J connectivity index is 2.31. The molecule has 9 nitrogen and oxygen atoms in total. The lowest BCUT2D eigenvalue weighted by Gasteiger charge is -2.29. The van der Waals surface area contributed by atoms with E-state index in [1.165, 1.54) is 20.8 Å². The molecule has 3 N–H and O–H groups in total. The number of carboxylic acids is 1. The molecule has 1 amide bonds. The molecule has 24 heavy (non-hydrogen) atoms. The van der Waals surface area contributed by atoms with Gasteiger partial charge in [0.1, 0.15) is 22.2 Å². The van der Waals surface area contributed by atoms with Crippen molar-refractivity contribution in [2.75, 3.05) is 0 Å². The highest BCUT2D eigenvalue weighted by Gasteiger charge is 2.46. The molecule has 1 saturated carbocycles. The Kier molecular flexibility index (Phi) is 5.00. The quantitative estimate of drug-likeness (QED) is 0.671. The van der Waals surface area contributed by atoms with Gasteiger partial charge in [0, 0.05) is 0 Å². The zero-order valence-electron chi connectivity index (χ0n) is 13.7. The average Bonchev–Trinajstić information content (AvgIpc) is 3.06. The number of aliphatic carboxylic acids is 1. The fourth-order valence-electron chi connectivity index (χ4n) is 2.92. The minimum atomic E-state index is -4.04. The van der Waals surface area contributed by atoms with Gasteiger partial charge in [0.15, 0.2) is 5.76 Å². The summed E-state index contributed by atoms with van der Waals surface area (Å²) in [5, 5.41) is 14.9. The SMILES string of the molecule is Cc1noc(C)c1S(=O)(=O)NC1(C(=O)N[C@@H](C)C(=O)O)CCCC1. The maximum absolute atomic E-state index is 12.7. The van der Waals surface area contributed by atoms with Crippen LogP contribution >= 0.6 is 0 Å². The summed E-state index contributed by atoms with van der Waals surface area (Å²) in [5.74, 6) is -1.69. The fraction of sp³-hybridized carbons (Fsp3) is 0.643. The van der Waals surface area contributed by atoms with E-state index in [4.69, 9.17) is 9.63 Å². The van der Waals surface area contributed by atoms with E-state index in [9.17, 15) is 18.0 Å². The van der Waals surface area contributed by atoms with Crippen LogP contribution in [0.5, 0.6) is 0 Å². The first-order valence-corrected chi connectivity index (χ1v) is 9.08. The zero-order chi connectivity index (χ0) is 18.1. The maximum Gasteiger partial charge on any atom is 0.325 e. The van der Waals surface area contributed by atoms with Crippen LogP contribution < -0.4 is 10.0 Å². The molecule has 1 aliphatic rings. The second-order valence-corrected chi connectivity index (χ2v) is 7.70. The topological polar surface area (TPSA) is 139 Å². The first kappa shape index (κ1) is 18.4. The number of hydrogen-bond donors (Lipinski definition) is 3. The Labute approximate surface area is 139 Å². The third-order valence-corrected chi connectivity index (χ3v) is 5.96. The Morgan fingerprint density at radius 3 is 2.33 bits per heavy atom. The lowest BCUT2D eigenvalue weighted by atomic mass is 9.97. The number of nitrogens with zero attached hydrogens (tertiary/aromatic N) is 1. The number of carbonyl (C=O) groups is 2. The van der Waals surface area contributed by atoms with Gasteiger partial charge in [-0.25, -0.2) is 8.42 Å². The summed E-state index contributed by atoms with van der Waals surface area (Å²) in [5.41, 5.74) is -1.16. The molecule has 0 aliphatic heterocycles. The number of nitrogens with one attached hydrogen (secondary N) is 2. The molecular formula is C14H21N3O6S. The number of hydrogen-bond acceptors (Lipinski definition) is 6. The number of carboxylic acid groups (broad SMARTS) is 1. The maximum atomic E-state index is 12.7. The molecule has 0 spiro atoms. The van der Waals surface area contributed by atoms with Crippen LogP contribution in [-0.4, -0.2) is 42.1 Å². The Morgan fingerprint density at radius 1 is 1.29 bits per heavy atom. The largest absolute Gasteiger partial charge is 0.480 e. The van der Waals surface area contributed by atoms with Crippen molar-refractivity contribution in [1.29, 1.82) is 0 Å². The molecule has 0 aromatic carbocycles. The molecule has 1 heterocycles. The van der Waals surface area contributed by atoms with E-state index in [0.717, 1.165) is 0 Å². The molecule has 134 valence electrons. The lowest BCUT2D eigenvalue weighted by molar-refractivity contribution is -0.142. The van der Waals surface area contributed by atoms with Crippen LogP contribution in [0.1, 0.15) is 44.1 Å². The fourth-order valence-corrected chi connectivity index (χ4v) is 4.67. The van der Waals surface area contributed by atoms with E-state index < -0.39 is 33.5 Å². The van der Waals surface area contributed by atoms with E-state index >= 15 is 0 Å². The molecular weight excluding hydrogens is 338 g/mol. The summed E-state index contributed by atoms with van der Waals surface area (Å²) in [7, 11) is -4.04. The number of aromatic nitrogens is 1. The highest BCUT2D eigenvalue weighted by molar-refractivity contribution is 7.89. The first-order chi connectivity index (χ1) is 11.1. The summed E-state index contributed by atoms with van der Waals surface area (Å²) < 4.78 is 32.8. The smallest absolute Gasteiger partial charge is 0.325 e. The van der Waals surface area contributed by atoms with Crippen molar-refractivity contribution in [2.45, 2.75) is 62.9 Å². The van der Waals surface area contributed by atoms with Crippen LogP contribution in [0.25, 0.3) is 0 Å². The summed E-state index contributed by atoms with van der Waals surface area (Å²) in [6.07, 6.45) is 1.93. The van der Waals surface area contributed by atoms with E-state index in [0.29, 0.717) is 25.7 Å². The predicted octanol–water partition coefficient (Wildman–Crippen LogP) is 0.472. The van der Waals surface area contributed by atoms with Crippen LogP contribution in [0, 0.1) is 13.8 Å². The molecule has 0 bridgehead atoms. The minimum Gasteiger partial charge on any atom is -0.480 e. The second-order valence-electron chi connectivity index (χ2n) is 6.08. The minimum absolute atomic E-state index is 0.0899. The molecule has 0 radical (unpaired) electrons. The van der Waals surface area contributed by atoms with Gasteiger partial charge in [-0.15, -0.1) is 0 Å². The van der Waals surface area contributed by atoms with Crippen LogP contribution in [0.15, 0.2) is 9.42 Å². The second kappa shape index (κ2) is 6.52. The van der Waals surface area contributed by atoms with Gasteiger partial charge in [-0.1, -0.05) is 18.0 Å². The van der Waals surface area contributed by atoms with Gasteiger partial charge in [-0.3, -0.25) is 9.59 Å². The average molecular weight is 359 g/mol. The number of aryl methyl sites for hydroxylation is 2. The molecule has 10 heteroatoms. The van der Waals surface area contributed by atoms with Crippen molar-refractivity contribution in [1.82, 2.24) is 15.2 Å². The highest BCUT2D eigenvalue weighted by atomic mass is 32.2. The molecule has 0 unspecified atom stereocenters. The molecule has 0 saturated heterocycles. The molecule has 1 aromatic heterocycles. The van der Waals surface area contributed by atoms with Crippen molar-refractivity contribution < 1.29 is 27.6 Å². The molecule has 2 rings (SSSR count). The van der Waals surface area contributed by atoms with Gasteiger partial charge in [-0.05, 0) is 33.6 Å². The monoisotopic (exact) mass is 359 g/mol. The van der Waals surface area contributed by atoms with Crippen LogP contribution in [0.3, 0.4) is 0 Å². The summed E-state index contributed by atoms with van der Waals surface area (Å²) in [6.45, 7) is 4.30. The molecule has 1 aromatic rings. The number of rotatable bonds is 6. The standard InChI is InChI=1S/C14H21N3O6S/c1-8-11(10(3)23-16-8)24(21,22)17-14(6-4-5-7-14)13(20)15-9(2)12(18)19/h9,17H,4-7H2,1-3H3,(H,15,20)(H,18,19)/t9-/m0/s1. The summed E-state index contributed by atoms with van der Waals surface area (Å²) in [6, 6.07) is -1.11. The van der Waals surface area contributed by atoms with Crippen molar-refractivity contribution in [2.24, 2.45) is 0 Å². The van der Waals surface area contributed by atoms with E-state index in [1.807, 2.05) is 0 Å².